The molecule has 1 aliphatic heterocycles. The van der Waals surface area contributed by atoms with Gasteiger partial charge in [-0.25, -0.2) is 9.90 Å². The first-order valence-electron chi connectivity index (χ1n) is 11.1. The lowest BCUT2D eigenvalue weighted by Gasteiger charge is -2.38. The summed E-state index contributed by atoms with van der Waals surface area (Å²) >= 11 is 3.40. The summed E-state index contributed by atoms with van der Waals surface area (Å²) in [5.41, 5.74) is -0.166. The van der Waals surface area contributed by atoms with Gasteiger partial charge in [0.15, 0.2) is 0 Å². The van der Waals surface area contributed by atoms with Crippen LogP contribution in [0.25, 0.3) is 5.70 Å². The number of alkyl halides is 3. The number of hydroxylamine groups is 1. The normalized spacial score (nSPS) is 18.1. The Labute approximate surface area is 210 Å². The van der Waals surface area contributed by atoms with E-state index in [0.29, 0.717) is 28.1 Å². The van der Waals surface area contributed by atoms with Crippen molar-refractivity contribution in [2.75, 3.05) is 5.06 Å². The van der Waals surface area contributed by atoms with Crippen LogP contribution in [0.15, 0.2) is 126 Å². The molecule has 1 heterocycles. The molecule has 0 saturated heterocycles. The molecule has 0 spiro atoms. The Balaban J connectivity index is 1.77. The second-order valence-corrected chi connectivity index (χ2v) is 9.22. The third kappa shape index (κ3) is 4.40. The zero-order chi connectivity index (χ0) is 24.5. The molecule has 2 nitrogen and oxygen atoms in total. The lowest BCUT2D eigenvalue weighted by molar-refractivity contribution is -0.257. The van der Waals surface area contributed by atoms with E-state index in [2.05, 4.69) is 15.9 Å². The number of halogens is 4. The largest absolute Gasteiger partial charge is 0.424 e. The van der Waals surface area contributed by atoms with Crippen LogP contribution in [0, 0.1) is 0 Å². The SMILES string of the molecule is FC(F)(F)C1(C(c2ccccc2)c2ccccc2)C=C(c2ccccc2)N(c2ccc(Br)cc2)O1. The lowest BCUT2D eigenvalue weighted by atomic mass is 9.76. The zero-order valence-electron chi connectivity index (χ0n) is 18.5. The number of hydrogen-bond donors (Lipinski definition) is 0. The van der Waals surface area contributed by atoms with Crippen LogP contribution < -0.4 is 5.06 Å². The van der Waals surface area contributed by atoms with Gasteiger partial charge in [0.05, 0.1) is 17.3 Å². The first-order valence-corrected chi connectivity index (χ1v) is 11.9. The maximum absolute atomic E-state index is 15.3. The molecule has 5 rings (SSSR count). The lowest BCUT2D eigenvalue weighted by Crippen LogP contribution is -2.51. The number of anilines is 1. The molecule has 0 fully saturated rings. The summed E-state index contributed by atoms with van der Waals surface area (Å²) in [5, 5.41) is 1.30. The number of benzene rings is 4. The van der Waals surface area contributed by atoms with E-state index in [1.54, 1.807) is 109 Å². The van der Waals surface area contributed by atoms with Crippen LogP contribution in [0.3, 0.4) is 0 Å². The molecule has 0 radical (unpaired) electrons. The van der Waals surface area contributed by atoms with Crippen molar-refractivity contribution in [1.29, 1.82) is 0 Å². The van der Waals surface area contributed by atoms with E-state index in [9.17, 15) is 0 Å². The molecule has 4 aromatic rings. The van der Waals surface area contributed by atoms with Gasteiger partial charge >= 0.3 is 6.18 Å². The highest BCUT2D eigenvalue weighted by atomic mass is 79.9. The topological polar surface area (TPSA) is 12.5 Å². The Bertz CT molecular complexity index is 1270. The van der Waals surface area contributed by atoms with E-state index < -0.39 is 17.7 Å². The van der Waals surface area contributed by atoms with E-state index >= 15 is 13.2 Å². The number of hydrogen-bond acceptors (Lipinski definition) is 2. The quantitative estimate of drug-likeness (QED) is 0.254. The molecule has 1 aliphatic rings. The maximum Gasteiger partial charge on any atom is 0.424 e. The Morgan fingerprint density at radius 1 is 0.686 bits per heavy atom. The van der Waals surface area contributed by atoms with Gasteiger partial charge in [0.1, 0.15) is 0 Å². The van der Waals surface area contributed by atoms with Crippen molar-refractivity contribution in [1.82, 2.24) is 0 Å². The van der Waals surface area contributed by atoms with Crippen LogP contribution in [0.5, 0.6) is 0 Å². The first-order chi connectivity index (χ1) is 16.9. The maximum atomic E-state index is 15.3. The highest BCUT2D eigenvalue weighted by Crippen LogP contribution is 2.54. The van der Waals surface area contributed by atoms with Gasteiger partial charge in [-0.2, -0.15) is 13.2 Å². The van der Waals surface area contributed by atoms with Gasteiger partial charge in [0, 0.05) is 10.0 Å². The van der Waals surface area contributed by atoms with E-state index in [4.69, 9.17) is 4.84 Å². The molecular weight excluding hydrogens is 515 g/mol. The van der Waals surface area contributed by atoms with E-state index in [0.717, 1.165) is 4.47 Å². The van der Waals surface area contributed by atoms with Gasteiger partial charge in [-0.05, 0) is 41.5 Å². The summed E-state index contributed by atoms with van der Waals surface area (Å²) in [4.78, 5) is 6.08. The van der Waals surface area contributed by atoms with Gasteiger partial charge in [0.2, 0.25) is 5.60 Å². The molecule has 0 bridgehead atoms. The predicted octanol–water partition coefficient (Wildman–Crippen LogP) is 8.38. The molecule has 6 heteroatoms. The summed E-state index contributed by atoms with van der Waals surface area (Å²) in [6.45, 7) is 0. The standard InChI is InChI=1S/C29H21BrF3NO/c30-24-16-18-25(19-17-24)34-26(21-10-4-1-5-11-21)20-28(35-34,29(31,32)33)27(22-12-6-2-7-13-22)23-14-8-3-9-15-23/h1-20,27H. The third-order valence-electron chi connectivity index (χ3n) is 6.08. The van der Waals surface area contributed by atoms with Gasteiger partial charge in [-0.15, -0.1) is 0 Å². The highest BCUT2D eigenvalue weighted by Gasteiger charge is 2.65. The first kappa shape index (κ1) is 23.4. The summed E-state index contributed by atoms with van der Waals surface area (Å²) in [6.07, 6.45) is -3.50. The molecule has 4 aromatic carbocycles. The fourth-order valence-corrected chi connectivity index (χ4v) is 4.74. The average Bonchev–Trinajstić information content (AvgIpc) is 3.28. The third-order valence-corrected chi connectivity index (χ3v) is 6.61. The van der Waals surface area contributed by atoms with Gasteiger partial charge < -0.3 is 0 Å². The van der Waals surface area contributed by atoms with Crippen LogP contribution in [-0.4, -0.2) is 11.8 Å². The molecule has 0 amide bonds. The van der Waals surface area contributed by atoms with Crippen molar-refractivity contribution in [3.05, 3.63) is 143 Å². The molecular formula is C29H21BrF3NO. The van der Waals surface area contributed by atoms with Gasteiger partial charge in [-0.3, -0.25) is 0 Å². The Kier molecular flexibility index (Phi) is 6.26. The van der Waals surface area contributed by atoms with Crippen LogP contribution in [0.4, 0.5) is 18.9 Å². The molecule has 176 valence electrons. The second-order valence-electron chi connectivity index (χ2n) is 8.30. The van der Waals surface area contributed by atoms with E-state index in [1.807, 2.05) is 6.07 Å². The van der Waals surface area contributed by atoms with Crippen LogP contribution in [0.2, 0.25) is 0 Å². The average molecular weight is 536 g/mol. The van der Waals surface area contributed by atoms with Crippen molar-refractivity contribution in [3.8, 4) is 0 Å². The molecule has 0 saturated carbocycles. The molecule has 1 atom stereocenters. The molecule has 1 unspecified atom stereocenters. The van der Waals surface area contributed by atoms with E-state index in [-0.39, 0.29) is 0 Å². The predicted molar refractivity (Wildman–Crippen MR) is 136 cm³/mol. The van der Waals surface area contributed by atoms with Gasteiger partial charge in [0.25, 0.3) is 0 Å². The fourth-order valence-electron chi connectivity index (χ4n) is 4.48. The summed E-state index contributed by atoms with van der Waals surface area (Å²) in [5.74, 6) is -1.14. The zero-order valence-corrected chi connectivity index (χ0v) is 20.1. The Morgan fingerprint density at radius 3 is 1.66 bits per heavy atom. The van der Waals surface area contributed by atoms with Gasteiger partial charge in [-0.1, -0.05) is 107 Å². The number of rotatable bonds is 5. The van der Waals surface area contributed by atoms with Crippen LogP contribution in [-0.2, 0) is 4.84 Å². The summed E-state index contributed by atoms with van der Waals surface area (Å²) in [6, 6.07) is 33.5. The van der Waals surface area contributed by atoms with Crippen molar-refractivity contribution in [2.45, 2.75) is 17.7 Å². The molecule has 0 aliphatic carbocycles. The van der Waals surface area contributed by atoms with Crippen molar-refractivity contribution >= 4 is 27.3 Å². The van der Waals surface area contributed by atoms with Crippen molar-refractivity contribution < 1.29 is 18.0 Å². The summed E-state index contributed by atoms with van der Waals surface area (Å²) < 4.78 is 46.6. The van der Waals surface area contributed by atoms with Crippen LogP contribution in [0.1, 0.15) is 22.6 Å². The Hall–Kier alpha value is -3.35. The minimum absolute atomic E-state index is 0.335. The molecule has 35 heavy (non-hydrogen) atoms. The minimum Gasteiger partial charge on any atom is -0.247 e. The van der Waals surface area contributed by atoms with Crippen LogP contribution >= 0.6 is 15.9 Å². The monoisotopic (exact) mass is 535 g/mol. The number of nitrogens with zero attached hydrogens (tertiary/aromatic N) is 1. The minimum atomic E-state index is -4.73. The smallest absolute Gasteiger partial charge is 0.247 e. The second kappa shape index (κ2) is 9.36. The van der Waals surface area contributed by atoms with E-state index in [1.165, 1.54) is 11.1 Å². The summed E-state index contributed by atoms with van der Waals surface area (Å²) in [7, 11) is 0. The van der Waals surface area contributed by atoms with Crippen molar-refractivity contribution in [3.63, 3.8) is 0 Å². The molecule has 0 aromatic heterocycles. The molecule has 0 N–H and O–H groups in total. The van der Waals surface area contributed by atoms with Crippen molar-refractivity contribution in [2.24, 2.45) is 0 Å². The fraction of sp³-hybridized carbons (Fsp3) is 0.103. The highest BCUT2D eigenvalue weighted by molar-refractivity contribution is 9.10. The Morgan fingerprint density at radius 2 is 1.17 bits per heavy atom.